The molecule has 6 heterocycles. The second kappa shape index (κ2) is 37.3. The number of hydrogen-bond acceptors (Lipinski definition) is 13. The average Bonchev–Trinajstić information content (AvgIpc) is 1.70. The molecule has 6 saturated heterocycles. The second-order valence-corrected chi connectivity index (χ2v) is 34.3. The van der Waals surface area contributed by atoms with E-state index in [1.807, 2.05) is 32.9 Å². The third kappa shape index (κ3) is 23.3. The zero-order valence-electron chi connectivity index (χ0n) is 58.3. The van der Waals surface area contributed by atoms with Gasteiger partial charge in [-0.15, -0.1) is 23.2 Å². The Morgan fingerprint density at radius 3 is 1.31 bits per heavy atom. The van der Waals surface area contributed by atoms with E-state index in [4.69, 9.17) is 61.5 Å². The van der Waals surface area contributed by atoms with Crippen LogP contribution in [0.15, 0.2) is 119 Å². The fraction of sp³-hybridized carbons (Fsp3) is 0.724. The minimum atomic E-state index is -3.48. The fourth-order valence-electron chi connectivity index (χ4n) is 14.6. The first kappa shape index (κ1) is 79.1. The molecule has 2 aromatic rings. The van der Waals surface area contributed by atoms with Gasteiger partial charge in [-0.2, -0.15) is 0 Å². The Labute approximate surface area is 572 Å². The number of rotatable bonds is 29. The molecule has 13 nitrogen and oxygen atoms in total. The molecule has 0 aliphatic carbocycles. The predicted octanol–water partition coefficient (Wildman–Crippen LogP) is 16.9. The topological polar surface area (TPSA) is 170 Å². The summed E-state index contributed by atoms with van der Waals surface area (Å²) in [5.74, 6) is 1.64. The molecular weight excluding hydrogens is 1260 g/mol. The number of ether oxygens (including phenoxy) is 7. The van der Waals surface area contributed by atoms with Gasteiger partial charge in [-0.3, -0.25) is 4.79 Å². The molecule has 0 aromatic heterocycles. The third-order valence-corrected chi connectivity index (χ3v) is 24.7. The van der Waals surface area contributed by atoms with E-state index in [1.165, 1.54) is 0 Å². The van der Waals surface area contributed by atoms with E-state index in [-0.39, 0.29) is 126 Å². The molecule has 526 valence electrons. The maximum Gasteiger partial charge on any atom is 0.311 e. The Hall–Kier alpha value is -2.93. The Bertz CT molecular complexity index is 2880. The van der Waals surface area contributed by atoms with Crippen LogP contribution < -0.4 is 0 Å². The van der Waals surface area contributed by atoms with E-state index in [0.717, 1.165) is 125 Å². The highest BCUT2D eigenvalue weighted by Gasteiger charge is 2.48. The number of aliphatic hydroxyl groups is 1. The minimum Gasteiger partial charge on any atom is -0.465 e. The highest BCUT2D eigenvalue weighted by atomic mass is 35.5. The molecule has 0 amide bonds. The van der Waals surface area contributed by atoms with Crippen molar-refractivity contribution in [2.45, 2.75) is 275 Å². The Balaban J connectivity index is 0.000000285. The van der Waals surface area contributed by atoms with Crippen LogP contribution >= 0.6 is 23.2 Å². The Morgan fingerprint density at radius 1 is 0.570 bits per heavy atom. The van der Waals surface area contributed by atoms with Crippen LogP contribution in [0, 0.1) is 52.8 Å². The lowest BCUT2D eigenvalue weighted by molar-refractivity contribution is -0.153. The van der Waals surface area contributed by atoms with Crippen molar-refractivity contribution in [1.29, 1.82) is 0 Å². The van der Waals surface area contributed by atoms with Crippen LogP contribution in [0.1, 0.15) is 192 Å². The first-order valence-electron chi connectivity index (χ1n) is 35.1. The summed E-state index contributed by atoms with van der Waals surface area (Å²) in [6, 6.07) is 17.6. The molecule has 6 aliphatic heterocycles. The number of alkyl halides is 2. The maximum absolute atomic E-state index is 13.6. The van der Waals surface area contributed by atoms with Gasteiger partial charge in [0.1, 0.15) is 0 Å². The van der Waals surface area contributed by atoms with Crippen LogP contribution in [0.2, 0.25) is 0 Å². The van der Waals surface area contributed by atoms with Crippen molar-refractivity contribution in [3.05, 3.63) is 109 Å². The van der Waals surface area contributed by atoms with Crippen molar-refractivity contribution < 1.29 is 59.9 Å². The van der Waals surface area contributed by atoms with Crippen LogP contribution in [0.4, 0.5) is 0 Å². The summed E-state index contributed by atoms with van der Waals surface area (Å²) in [5, 5.41) is 9.36. The SMILES string of the molecule is C=C1C[C@H](CCCO)O[C@H]1CC[C@H]1C[C@@H](C)C(=C)[C@@H](C[C@@H]2O[C@H](C[C@H](C)CC)[C@H](C)[C@H]2CS(=O)(=O)c2ccccc2)O1.C=C1C[C@H](CCCOC(=O)C(C)(C)C)O[C@H]1CC[C@H]1C[C@@H](C)C(=C)[C@@H](C[C@@H]2O[C@H](C[C@H](C)CC)[C@H](C)[C@H]2CS(=O)(=O)c2ccccc2)O1.ClCCl. The van der Waals surface area contributed by atoms with E-state index in [0.29, 0.717) is 52.9 Å². The highest BCUT2D eigenvalue weighted by Crippen LogP contribution is 2.46. The molecule has 0 saturated carbocycles. The average molecular weight is 1370 g/mol. The van der Waals surface area contributed by atoms with Gasteiger partial charge in [0, 0.05) is 31.3 Å². The van der Waals surface area contributed by atoms with Crippen LogP contribution in [-0.4, -0.2) is 131 Å². The number of carbonyl (C=O) groups is 1. The predicted molar refractivity (Wildman–Crippen MR) is 376 cm³/mol. The number of esters is 1. The lowest BCUT2D eigenvalue weighted by atomic mass is 9.81. The van der Waals surface area contributed by atoms with E-state index < -0.39 is 25.1 Å². The van der Waals surface area contributed by atoms with Crippen LogP contribution in [0.3, 0.4) is 0 Å². The number of hydrogen-bond donors (Lipinski definition) is 1. The summed E-state index contributed by atoms with van der Waals surface area (Å²) in [7, 11) is -6.93. The molecule has 1 N–H and O–H groups in total. The third-order valence-electron chi connectivity index (χ3n) is 21.1. The Kier molecular flexibility index (Phi) is 31.7. The number of aliphatic hydroxyl groups excluding tert-OH is 1. The van der Waals surface area contributed by atoms with E-state index in [9.17, 15) is 21.6 Å². The number of halogens is 2. The van der Waals surface area contributed by atoms with Gasteiger partial charge >= 0.3 is 5.97 Å². The molecule has 0 spiro atoms. The molecule has 20 atom stereocenters. The minimum absolute atomic E-state index is 0.00233. The number of carbonyl (C=O) groups excluding carboxylic acids is 1. The summed E-state index contributed by atoms with van der Waals surface area (Å²) in [6.45, 7) is 41.3. The zero-order valence-corrected chi connectivity index (χ0v) is 61.5. The quantitative estimate of drug-likeness (QED) is 0.0354. The molecule has 0 bridgehead atoms. The van der Waals surface area contributed by atoms with Crippen molar-refractivity contribution in [2.24, 2.45) is 52.8 Å². The van der Waals surface area contributed by atoms with Gasteiger partial charge in [-0.25, -0.2) is 16.8 Å². The van der Waals surface area contributed by atoms with Gasteiger partial charge in [0.05, 0.1) is 112 Å². The number of sulfone groups is 2. The molecule has 0 radical (unpaired) electrons. The standard InChI is InChI=1S/C40H62O7S.C35H54O6S.CH2Cl2/c1-10-26(2)21-36-30(6)34(25-48(42,43)33-16-12-11-13-17-33)38(47-36)24-37-29(5)27(3)22-32(46-37)18-19-35-28(4)23-31(45-35)15-14-20-44-39(41)40(7,8)9;1-7-23(2)18-33-27(6)31(22-42(37,38)30-13-9-8-10-14-30)35(41-33)21-34-26(5)24(3)19-29(40-34)15-16-32-25(4)20-28(39-32)12-11-17-36;2-1-3/h11-13,16-17,26-27,30-32,34-38H,4-5,10,14-15,18-25H2,1-3,6-9H3;8-10,13-14,23-24,27-29,31-36H,4-5,7,11-12,15-22H2,1-3,6H3;1H2/t26-,27-,30-,31+,32+,34-,35+,36-,37-,38+;23-,24-,27-,28+,29+,31-,32+,33-,34-,35+;/m11./s1. The van der Waals surface area contributed by atoms with Crippen LogP contribution in [0.5, 0.6) is 0 Å². The molecule has 6 aliphatic rings. The number of benzene rings is 2. The smallest absolute Gasteiger partial charge is 0.311 e. The second-order valence-electron chi connectivity index (χ2n) is 29.4. The van der Waals surface area contributed by atoms with Crippen molar-refractivity contribution in [3.63, 3.8) is 0 Å². The molecule has 8 rings (SSSR count). The van der Waals surface area contributed by atoms with Gasteiger partial charge in [0.25, 0.3) is 0 Å². The van der Waals surface area contributed by atoms with Gasteiger partial charge in [-0.1, -0.05) is 131 Å². The summed E-state index contributed by atoms with van der Waals surface area (Å²) >= 11 is 9.53. The summed E-state index contributed by atoms with van der Waals surface area (Å²) in [6.07, 6.45) is 15.2. The van der Waals surface area contributed by atoms with Crippen molar-refractivity contribution >= 4 is 48.8 Å². The molecule has 2 aromatic carbocycles. The van der Waals surface area contributed by atoms with Gasteiger partial charge < -0.3 is 38.3 Å². The summed E-state index contributed by atoms with van der Waals surface area (Å²) in [5.41, 5.74) is 3.94. The van der Waals surface area contributed by atoms with Crippen LogP contribution in [0.25, 0.3) is 0 Å². The van der Waals surface area contributed by atoms with Crippen molar-refractivity contribution in [1.82, 2.24) is 0 Å². The first-order valence-corrected chi connectivity index (χ1v) is 39.5. The monoisotopic (exact) mass is 1370 g/mol. The molecule has 17 heteroatoms. The van der Waals surface area contributed by atoms with E-state index in [2.05, 4.69) is 81.7 Å². The fourth-order valence-corrected chi connectivity index (χ4v) is 18.2. The lowest BCUT2D eigenvalue weighted by Crippen LogP contribution is -2.38. The van der Waals surface area contributed by atoms with E-state index in [1.54, 1.807) is 48.5 Å². The largest absolute Gasteiger partial charge is 0.465 e. The van der Waals surface area contributed by atoms with Crippen molar-refractivity contribution in [2.75, 3.05) is 30.1 Å². The lowest BCUT2D eigenvalue weighted by Gasteiger charge is -2.38. The summed E-state index contributed by atoms with van der Waals surface area (Å²) in [4.78, 5) is 12.8. The van der Waals surface area contributed by atoms with Crippen molar-refractivity contribution in [3.8, 4) is 0 Å². The molecule has 93 heavy (non-hydrogen) atoms. The molecule has 0 unspecified atom stereocenters. The normalized spacial score (nSPS) is 32.4. The van der Waals surface area contributed by atoms with E-state index >= 15 is 0 Å². The highest BCUT2D eigenvalue weighted by molar-refractivity contribution is 7.91. The zero-order chi connectivity index (χ0) is 68.4. The van der Waals surface area contributed by atoms with Gasteiger partial charge in [-0.05, 0) is 193 Å². The van der Waals surface area contributed by atoms with Gasteiger partial charge in [0.15, 0.2) is 19.7 Å². The Morgan fingerprint density at radius 2 is 0.946 bits per heavy atom. The van der Waals surface area contributed by atoms with Gasteiger partial charge in [0.2, 0.25) is 0 Å². The molecule has 6 fully saturated rings. The molecular formula is C76H118Cl2O13S2. The first-order chi connectivity index (χ1) is 44.0. The van der Waals surface area contributed by atoms with Crippen LogP contribution in [-0.2, 0) is 57.6 Å². The summed E-state index contributed by atoms with van der Waals surface area (Å²) < 4.78 is 99.2. The maximum atomic E-state index is 13.6.